The summed E-state index contributed by atoms with van der Waals surface area (Å²) in [4.78, 5) is 25.6. The van der Waals surface area contributed by atoms with Gasteiger partial charge in [0, 0.05) is 12.6 Å². The number of benzene rings is 1. The number of hydrogen-bond donors (Lipinski definition) is 0. The average molecular weight is 360 g/mol. The topological polar surface area (TPSA) is 80.8 Å². The van der Waals surface area contributed by atoms with Crippen LogP contribution in [0, 0.1) is 0 Å². The molecular weight excluding hydrogens is 342 g/mol. The summed E-state index contributed by atoms with van der Waals surface area (Å²) in [5, 5.41) is 0.249. The van der Waals surface area contributed by atoms with Crippen LogP contribution in [0.5, 0.6) is 0 Å². The standard InChI is InChI=1S/C15H18ClNO5S/c1-2-17(11-7-8-23(20,21)10-11)14(18)9-22-15(19)12-5-3-4-6-13(12)16/h3-6,11H,2,7-10H2,1H3. The molecule has 0 bridgehead atoms. The number of likely N-dealkylation sites (N-methyl/N-ethyl adjacent to an activating group) is 1. The molecule has 1 fully saturated rings. The molecule has 0 aliphatic carbocycles. The average Bonchev–Trinajstić information content (AvgIpc) is 2.86. The molecule has 1 aliphatic heterocycles. The van der Waals surface area contributed by atoms with Crippen LogP contribution in [0.3, 0.4) is 0 Å². The van der Waals surface area contributed by atoms with Crippen molar-refractivity contribution < 1.29 is 22.7 Å². The van der Waals surface area contributed by atoms with Crippen molar-refractivity contribution >= 4 is 33.3 Å². The molecule has 126 valence electrons. The van der Waals surface area contributed by atoms with E-state index in [9.17, 15) is 18.0 Å². The van der Waals surface area contributed by atoms with E-state index in [0.717, 1.165) is 0 Å². The Bertz CT molecular complexity index is 704. The fraction of sp³-hybridized carbons (Fsp3) is 0.467. The number of sulfone groups is 1. The molecule has 1 amide bonds. The van der Waals surface area contributed by atoms with E-state index >= 15 is 0 Å². The zero-order chi connectivity index (χ0) is 17.0. The lowest BCUT2D eigenvalue weighted by molar-refractivity contribution is -0.136. The molecule has 23 heavy (non-hydrogen) atoms. The van der Waals surface area contributed by atoms with E-state index < -0.39 is 28.3 Å². The fourth-order valence-corrected chi connectivity index (χ4v) is 4.52. The SMILES string of the molecule is CCN(C(=O)COC(=O)c1ccccc1Cl)C1CCS(=O)(=O)C1. The molecule has 8 heteroatoms. The lowest BCUT2D eigenvalue weighted by atomic mass is 10.2. The molecule has 0 radical (unpaired) electrons. The van der Waals surface area contributed by atoms with E-state index in [4.69, 9.17) is 16.3 Å². The lowest BCUT2D eigenvalue weighted by Gasteiger charge is -2.26. The summed E-state index contributed by atoms with van der Waals surface area (Å²) in [7, 11) is -3.08. The van der Waals surface area contributed by atoms with Gasteiger partial charge in [0.25, 0.3) is 5.91 Å². The van der Waals surface area contributed by atoms with Crippen LogP contribution in [0.1, 0.15) is 23.7 Å². The maximum Gasteiger partial charge on any atom is 0.340 e. The highest BCUT2D eigenvalue weighted by atomic mass is 35.5. The second-order valence-electron chi connectivity index (χ2n) is 5.29. The Morgan fingerprint density at radius 2 is 2.04 bits per heavy atom. The molecule has 6 nitrogen and oxygen atoms in total. The zero-order valence-electron chi connectivity index (χ0n) is 12.7. The molecule has 1 atom stereocenters. The van der Waals surface area contributed by atoms with Crippen molar-refractivity contribution in [3.05, 3.63) is 34.9 Å². The molecule has 1 aliphatic rings. The molecule has 1 saturated heterocycles. The zero-order valence-corrected chi connectivity index (χ0v) is 14.3. The summed E-state index contributed by atoms with van der Waals surface area (Å²) >= 11 is 5.90. The van der Waals surface area contributed by atoms with Crippen LogP contribution in [0.4, 0.5) is 0 Å². The maximum absolute atomic E-state index is 12.2. The van der Waals surface area contributed by atoms with Gasteiger partial charge in [0.1, 0.15) is 0 Å². The molecule has 0 aromatic heterocycles. The van der Waals surface area contributed by atoms with E-state index in [0.29, 0.717) is 13.0 Å². The number of hydrogen-bond acceptors (Lipinski definition) is 5. The normalized spacial score (nSPS) is 19.3. The van der Waals surface area contributed by atoms with Crippen LogP contribution < -0.4 is 0 Å². The second-order valence-corrected chi connectivity index (χ2v) is 7.93. The van der Waals surface area contributed by atoms with Gasteiger partial charge in [0.2, 0.25) is 0 Å². The fourth-order valence-electron chi connectivity index (χ4n) is 2.57. The molecule has 0 spiro atoms. The van der Waals surface area contributed by atoms with Gasteiger partial charge in [-0.15, -0.1) is 0 Å². The molecule has 0 N–H and O–H groups in total. The lowest BCUT2D eigenvalue weighted by Crippen LogP contribution is -2.43. The third-order valence-corrected chi connectivity index (χ3v) is 5.81. The summed E-state index contributed by atoms with van der Waals surface area (Å²) in [5.74, 6) is -1.04. The molecule has 0 saturated carbocycles. The number of amides is 1. The van der Waals surface area contributed by atoms with Crippen molar-refractivity contribution in [2.24, 2.45) is 0 Å². The third-order valence-electron chi connectivity index (χ3n) is 3.73. The first kappa shape index (κ1) is 17.7. The number of nitrogens with zero attached hydrogens (tertiary/aromatic N) is 1. The Kier molecular flexibility index (Phi) is 5.64. The predicted molar refractivity (Wildman–Crippen MR) is 86.2 cm³/mol. The highest BCUT2D eigenvalue weighted by molar-refractivity contribution is 7.91. The van der Waals surface area contributed by atoms with E-state index in [2.05, 4.69) is 0 Å². The Morgan fingerprint density at radius 3 is 2.61 bits per heavy atom. The van der Waals surface area contributed by atoms with Crippen LogP contribution in [0.2, 0.25) is 5.02 Å². The van der Waals surface area contributed by atoms with Crippen molar-refractivity contribution in [3.8, 4) is 0 Å². The number of carbonyl (C=O) groups excluding carboxylic acids is 2. The van der Waals surface area contributed by atoms with Gasteiger partial charge in [-0.05, 0) is 25.5 Å². The Hall–Kier alpha value is -1.60. The summed E-state index contributed by atoms with van der Waals surface area (Å²) < 4.78 is 28.1. The van der Waals surface area contributed by atoms with Crippen molar-refractivity contribution in [1.82, 2.24) is 4.90 Å². The molecule has 1 heterocycles. The van der Waals surface area contributed by atoms with Gasteiger partial charge in [0.15, 0.2) is 16.4 Å². The quantitative estimate of drug-likeness (QED) is 0.745. The number of rotatable bonds is 5. The smallest absolute Gasteiger partial charge is 0.340 e. The van der Waals surface area contributed by atoms with Crippen LogP contribution in [0.15, 0.2) is 24.3 Å². The minimum absolute atomic E-state index is 0.0367. The minimum atomic E-state index is -3.08. The van der Waals surface area contributed by atoms with Crippen molar-refractivity contribution in [3.63, 3.8) is 0 Å². The van der Waals surface area contributed by atoms with Crippen LogP contribution >= 0.6 is 11.6 Å². The Balaban J connectivity index is 1.95. The maximum atomic E-state index is 12.2. The third kappa shape index (κ3) is 4.45. The first-order valence-electron chi connectivity index (χ1n) is 7.25. The van der Waals surface area contributed by atoms with Gasteiger partial charge in [-0.1, -0.05) is 23.7 Å². The summed E-state index contributed by atoms with van der Waals surface area (Å²) in [6.45, 7) is 1.69. The number of carbonyl (C=O) groups is 2. The van der Waals surface area contributed by atoms with Gasteiger partial charge in [-0.2, -0.15) is 0 Å². The van der Waals surface area contributed by atoms with Crippen LogP contribution in [-0.2, 0) is 19.4 Å². The molecule has 1 unspecified atom stereocenters. The predicted octanol–water partition coefficient (Wildman–Crippen LogP) is 1.53. The number of halogens is 1. The summed E-state index contributed by atoms with van der Waals surface area (Å²) in [6.07, 6.45) is 0.417. The number of esters is 1. The van der Waals surface area contributed by atoms with E-state index in [1.54, 1.807) is 25.1 Å². The van der Waals surface area contributed by atoms with Gasteiger partial charge in [0.05, 0.1) is 22.1 Å². The summed E-state index contributed by atoms with van der Waals surface area (Å²) in [5.41, 5.74) is 0.188. The monoisotopic (exact) mass is 359 g/mol. The number of ether oxygens (including phenoxy) is 1. The van der Waals surface area contributed by atoms with Crippen molar-refractivity contribution in [1.29, 1.82) is 0 Å². The molecular formula is C15H18ClNO5S. The highest BCUT2D eigenvalue weighted by Crippen LogP contribution is 2.19. The second kappa shape index (κ2) is 7.31. The van der Waals surface area contributed by atoms with Crippen LogP contribution in [-0.4, -0.2) is 55.9 Å². The first-order valence-corrected chi connectivity index (χ1v) is 9.45. The van der Waals surface area contributed by atoms with Crippen LogP contribution in [0.25, 0.3) is 0 Å². The van der Waals surface area contributed by atoms with Gasteiger partial charge in [-0.25, -0.2) is 13.2 Å². The molecule has 1 aromatic carbocycles. The molecule has 1 aromatic rings. The highest BCUT2D eigenvalue weighted by Gasteiger charge is 2.34. The Labute approximate surface area is 140 Å². The Morgan fingerprint density at radius 1 is 1.35 bits per heavy atom. The van der Waals surface area contributed by atoms with E-state index in [-0.39, 0.29) is 28.1 Å². The molecule has 2 rings (SSSR count). The van der Waals surface area contributed by atoms with E-state index in [1.807, 2.05) is 0 Å². The van der Waals surface area contributed by atoms with Crippen molar-refractivity contribution in [2.75, 3.05) is 24.7 Å². The van der Waals surface area contributed by atoms with Gasteiger partial charge in [-0.3, -0.25) is 4.79 Å². The van der Waals surface area contributed by atoms with Crippen molar-refractivity contribution in [2.45, 2.75) is 19.4 Å². The summed E-state index contributed by atoms with van der Waals surface area (Å²) in [6, 6.07) is 6.05. The largest absolute Gasteiger partial charge is 0.452 e. The van der Waals surface area contributed by atoms with Gasteiger partial charge >= 0.3 is 5.97 Å². The first-order chi connectivity index (χ1) is 10.8. The minimum Gasteiger partial charge on any atom is -0.452 e. The van der Waals surface area contributed by atoms with E-state index in [1.165, 1.54) is 11.0 Å². The van der Waals surface area contributed by atoms with Gasteiger partial charge < -0.3 is 9.64 Å².